The summed E-state index contributed by atoms with van der Waals surface area (Å²) in [6, 6.07) is 14.0. The third-order valence-corrected chi connectivity index (χ3v) is 4.46. The van der Waals surface area contributed by atoms with Gasteiger partial charge in [0.1, 0.15) is 11.8 Å². The van der Waals surface area contributed by atoms with Crippen LogP contribution in [0.3, 0.4) is 0 Å². The minimum absolute atomic E-state index is 0.158. The molecule has 138 valence electrons. The standard InChI is InChI=1S/C20H23ClN2O3/c1-14-8-10-17(11-9-14)26-13-19(24)23(15(2)20(25)22-3)12-16-6-4-5-7-18(16)21/h4-11,15H,12-13H2,1-3H3,(H,22,25)/t15-/m0/s1. The average Bonchev–Trinajstić information content (AvgIpc) is 2.65. The maximum absolute atomic E-state index is 12.7. The Morgan fingerprint density at radius 3 is 2.42 bits per heavy atom. The van der Waals surface area contributed by atoms with Crippen molar-refractivity contribution in [3.8, 4) is 5.75 Å². The fourth-order valence-electron chi connectivity index (χ4n) is 2.46. The molecule has 2 aromatic rings. The highest BCUT2D eigenvalue weighted by Gasteiger charge is 2.26. The summed E-state index contributed by atoms with van der Waals surface area (Å²) in [5.74, 6) is 0.0663. The number of amides is 2. The van der Waals surface area contributed by atoms with Crippen molar-refractivity contribution in [2.45, 2.75) is 26.4 Å². The first-order valence-corrected chi connectivity index (χ1v) is 8.74. The molecule has 0 fully saturated rings. The van der Waals surface area contributed by atoms with Crippen LogP contribution in [-0.4, -0.2) is 36.4 Å². The summed E-state index contributed by atoms with van der Waals surface area (Å²) in [5, 5.41) is 3.12. The smallest absolute Gasteiger partial charge is 0.261 e. The van der Waals surface area contributed by atoms with Crippen molar-refractivity contribution in [3.05, 3.63) is 64.7 Å². The Morgan fingerprint density at radius 2 is 1.81 bits per heavy atom. The average molecular weight is 375 g/mol. The van der Waals surface area contributed by atoms with Gasteiger partial charge in [0, 0.05) is 18.6 Å². The molecular weight excluding hydrogens is 352 g/mol. The fraction of sp³-hybridized carbons (Fsp3) is 0.300. The Labute approximate surface area is 158 Å². The summed E-state index contributed by atoms with van der Waals surface area (Å²) in [6.07, 6.45) is 0. The van der Waals surface area contributed by atoms with Gasteiger partial charge >= 0.3 is 0 Å². The van der Waals surface area contributed by atoms with Gasteiger partial charge in [-0.05, 0) is 37.6 Å². The number of halogens is 1. The van der Waals surface area contributed by atoms with Gasteiger partial charge in [-0.1, -0.05) is 47.5 Å². The number of nitrogens with one attached hydrogen (secondary N) is 1. The monoisotopic (exact) mass is 374 g/mol. The molecule has 0 spiro atoms. The Hall–Kier alpha value is -2.53. The van der Waals surface area contributed by atoms with Crippen LogP contribution in [0.25, 0.3) is 0 Å². The van der Waals surface area contributed by atoms with Crippen molar-refractivity contribution in [2.24, 2.45) is 0 Å². The van der Waals surface area contributed by atoms with E-state index in [4.69, 9.17) is 16.3 Å². The second kappa shape index (κ2) is 9.25. The molecule has 0 saturated carbocycles. The molecule has 26 heavy (non-hydrogen) atoms. The molecule has 0 aliphatic carbocycles. The van der Waals surface area contributed by atoms with Crippen LogP contribution >= 0.6 is 11.6 Å². The van der Waals surface area contributed by atoms with Gasteiger partial charge in [0.15, 0.2) is 6.61 Å². The zero-order valence-electron chi connectivity index (χ0n) is 15.2. The summed E-state index contributed by atoms with van der Waals surface area (Å²) in [7, 11) is 1.54. The Morgan fingerprint density at radius 1 is 1.15 bits per heavy atom. The van der Waals surface area contributed by atoms with Crippen LogP contribution < -0.4 is 10.1 Å². The minimum atomic E-state index is -0.648. The van der Waals surface area contributed by atoms with Gasteiger partial charge in [-0.25, -0.2) is 0 Å². The second-order valence-electron chi connectivity index (χ2n) is 6.01. The molecule has 0 radical (unpaired) electrons. The molecule has 6 heteroatoms. The lowest BCUT2D eigenvalue weighted by molar-refractivity contribution is -0.142. The topological polar surface area (TPSA) is 58.6 Å². The molecule has 0 aromatic heterocycles. The number of carbonyl (C=O) groups is 2. The summed E-state index contributed by atoms with van der Waals surface area (Å²) in [5.41, 5.74) is 1.88. The van der Waals surface area contributed by atoms with Gasteiger partial charge in [0.25, 0.3) is 5.91 Å². The largest absolute Gasteiger partial charge is 0.484 e. The van der Waals surface area contributed by atoms with Crippen molar-refractivity contribution in [1.82, 2.24) is 10.2 Å². The predicted molar refractivity (Wildman–Crippen MR) is 102 cm³/mol. The molecule has 2 amide bonds. The third-order valence-electron chi connectivity index (χ3n) is 4.10. The van der Waals surface area contributed by atoms with Crippen molar-refractivity contribution in [2.75, 3.05) is 13.7 Å². The van der Waals surface area contributed by atoms with Crippen LogP contribution in [0.5, 0.6) is 5.75 Å². The van der Waals surface area contributed by atoms with Crippen molar-refractivity contribution in [3.63, 3.8) is 0 Å². The normalized spacial score (nSPS) is 11.5. The molecule has 2 rings (SSSR count). The van der Waals surface area contributed by atoms with E-state index >= 15 is 0 Å². The molecule has 0 bridgehead atoms. The Balaban J connectivity index is 2.13. The number of nitrogens with zero attached hydrogens (tertiary/aromatic N) is 1. The first-order chi connectivity index (χ1) is 12.4. The highest BCUT2D eigenvalue weighted by Crippen LogP contribution is 2.19. The van der Waals surface area contributed by atoms with Crippen LogP contribution in [0.1, 0.15) is 18.1 Å². The molecule has 0 aliphatic rings. The number of ether oxygens (including phenoxy) is 1. The molecule has 0 aliphatic heterocycles. The van der Waals surface area contributed by atoms with E-state index in [1.165, 1.54) is 4.90 Å². The van der Waals surface area contributed by atoms with Crippen LogP contribution in [0.2, 0.25) is 5.02 Å². The van der Waals surface area contributed by atoms with E-state index < -0.39 is 6.04 Å². The molecule has 0 heterocycles. The number of carbonyl (C=O) groups excluding carboxylic acids is 2. The number of likely N-dealkylation sites (N-methyl/N-ethyl adjacent to an activating group) is 1. The molecule has 0 unspecified atom stereocenters. The predicted octanol–water partition coefficient (Wildman–Crippen LogP) is 3.19. The van der Waals surface area contributed by atoms with E-state index in [9.17, 15) is 9.59 Å². The zero-order chi connectivity index (χ0) is 19.1. The maximum Gasteiger partial charge on any atom is 0.261 e. The van der Waals surface area contributed by atoms with E-state index in [2.05, 4.69) is 5.32 Å². The van der Waals surface area contributed by atoms with Crippen molar-refractivity contribution in [1.29, 1.82) is 0 Å². The van der Waals surface area contributed by atoms with Gasteiger partial charge in [0.2, 0.25) is 5.91 Å². The van der Waals surface area contributed by atoms with Gasteiger partial charge in [-0.15, -0.1) is 0 Å². The van der Waals surface area contributed by atoms with E-state index in [0.29, 0.717) is 10.8 Å². The van der Waals surface area contributed by atoms with E-state index in [1.54, 1.807) is 20.0 Å². The molecule has 0 saturated heterocycles. The summed E-state index contributed by atoms with van der Waals surface area (Å²) >= 11 is 6.21. The van der Waals surface area contributed by atoms with Gasteiger partial charge < -0.3 is 15.0 Å². The molecular formula is C20H23ClN2O3. The molecule has 1 N–H and O–H groups in total. The third kappa shape index (κ3) is 5.23. The first kappa shape index (κ1) is 19.8. The number of hydrogen-bond donors (Lipinski definition) is 1. The van der Waals surface area contributed by atoms with Crippen LogP contribution in [0.4, 0.5) is 0 Å². The van der Waals surface area contributed by atoms with Crippen molar-refractivity contribution >= 4 is 23.4 Å². The lowest BCUT2D eigenvalue weighted by Crippen LogP contribution is -2.48. The quantitative estimate of drug-likeness (QED) is 0.809. The van der Waals surface area contributed by atoms with Crippen LogP contribution in [0, 0.1) is 6.92 Å². The summed E-state index contributed by atoms with van der Waals surface area (Å²) in [6.45, 7) is 3.73. The highest BCUT2D eigenvalue weighted by atomic mass is 35.5. The van der Waals surface area contributed by atoms with E-state index in [1.807, 2.05) is 49.4 Å². The van der Waals surface area contributed by atoms with Crippen molar-refractivity contribution < 1.29 is 14.3 Å². The number of benzene rings is 2. The summed E-state index contributed by atoms with van der Waals surface area (Å²) in [4.78, 5) is 26.3. The Bertz CT molecular complexity index is 762. The van der Waals surface area contributed by atoms with Gasteiger partial charge in [-0.3, -0.25) is 9.59 Å². The fourth-order valence-corrected chi connectivity index (χ4v) is 2.66. The summed E-state index contributed by atoms with van der Waals surface area (Å²) < 4.78 is 5.58. The molecule has 1 atom stereocenters. The van der Waals surface area contributed by atoms with Crippen LogP contribution in [0.15, 0.2) is 48.5 Å². The SMILES string of the molecule is CNC(=O)[C@H](C)N(Cc1ccccc1Cl)C(=O)COc1ccc(C)cc1. The van der Waals surface area contributed by atoms with Gasteiger partial charge in [0.05, 0.1) is 0 Å². The second-order valence-corrected chi connectivity index (χ2v) is 6.41. The Kier molecular flexibility index (Phi) is 7.04. The number of aryl methyl sites for hydroxylation is 1. The highest BCUT2D eigenvalue weighted by molar-refractivity contribution is 6.31. The maximum atomic E-state index is 12.7. The zero-order valence-corrected chi connectivity index (χ0v) is 15.9. The molecule has 2 aromatic carbocycles. The number of rotatable bonds is 7. The van der Waals surface area contributed by atoms with Gasteiger partial charge in [-0.2, -0.15) is 0 Å². The van der Waals surface area contributed by atoms with Crippen LogP contribution in [-0.2, 0) is 16.1 Å². The van der Waals surface area contributed by atoms with E-state index in [-0.39, 0.29) is 25.0 Å². The van der Waals surface area contributed by atoms with E-state index in [0.717, 1.165) is 11.1 Å². The first-order valence-electron chi connectivity index (χ1n) is 8.36. The lowest BCUT2D eigenvalue weighted by Gasteiger charge is -2.28. The number of hydrogen-bond acceptors (Lipinski definition) is 3. The minimum Gasteiger partial charge on any atom is -0.484 e. The lowest BCUT2D eigenvalue weighted by atomic mass is 10.1. The molecule has 5 nitrogen and oxygen atoms in total.